The number of aromatic nitrogens is 2. The summed E-state index contributed by atoms with van der Waals surface area (Å²) >= 11 is 3.42. The molecule has 1 amide bonds. The Labute approximate surface area is 126 Å². The summed E-state index contributed by atoms with van der Waals surface area (Å²) in [4.78, 5) is 11.9. The summed E-state index contributed by atoms with van der Waals surface area (Å²) in [5, 5.41) is 10.1. The highest BCUT2D eigenvalue weighted by molar-refractivity contribution is 9.10. The van der Waals surface area contributed by atoms with Crippen LogP contribution in [0.2, 0.25) is 0 Å². The first kappa shape index (κ1) is 14.7. The van der Waals surface area contributed by atoms with E-state index in [1.807, 2.05) is 31.3 Å². The lowest BCUT2D eigenvalue weighted by atomic mass is 10.3. The van der Waals surface area contributed by atoms with Crippen molar-refractivity contribution in [3.8, 4) is 5.69 Å². The Hall–Kier alpha value is -1.66. The molecule has 6 heteroatoms. The summed E-state index contributed by atoms with van der Waals surface area (Å²) < 4.78 is 2.66. The maximum absolute atomic E-state index is 11.9. The van der Waals surface area contributed by atoms with Gasteiger partial charge in [0.1, 0.15) is 0 Å². The van der Waals surface area contributed by atoms with Gasteiger partial charge in [0.25, 0.3) is 5.91 Å². The number of hydrogen-bond acceptors (Lipinski definition) is 3. The molecule has 2 N–H and O–H groups in total. The smallest absolute Gasteiger partial charge is 0.254 e. The lowest BCUT2D eigenvalue weighted by Crippen LogP contribution is -2.26. The van der Waals surface area contributed by atoms with Crippen LogP contribution in [-0.4, -0.2) is 35.8 Å². The summed E-state index contributed by atoms with van der Waals surface area (Å²) in [7, 11) is 1.89. The average molecular weight is 337 g/mol. The van der Waals surface area contributed by atoms with Crippen molar-refractivity contribution in [3.05, 3.63) is 46.7 Å². The van der Waals surface area contributed by atoms with Crippen LogP contribution in [0.4, 0.5) is 0 Å². The molecule has 0 bridgehead atoms. The molecule has 0 aliphatic carbocycles. The molecule has 0 aliphatic rings. The van der Waals surface area contributed by atoms with Crippen LogP contribution in [0.3, 0.4) is 0 Å². The predicted molar refractivity (Wildman–Crippen MR) is 82.1 cm³/mol. The number of hydrogen-bond donors (Lipinski definition) is 2. The minimum atomic E-state index is -0.0950. The quantitative estimate of drug-likeness (QED) is 0.793. The van der Waals surface area contributed by atoms with Crippen molar-refractivity contribution >= 4 is 21.8 Å². The fourth-order valence-electron chi connectivity index (χ4n) is 1.77. The third-order valence-electron chi connectivity index (χ3n) is 2.81. The zero-order valence-corrected chi connectivity index (χ0v) is 12.9. The number of benzene rings is 1. The van der Waals surface area contributed by atoms with E-state index in [1.54, 1.807) is 17.1 Å². The van der Waals surface area contributed by atoms with E-state index in [0.29, 0.717) is 12.1 Å². The molecule has 0 radical (unpaired) electrons. The number of nitrogens with zero attached hydrogens (tertiary/aromatic N) is 2. The number of halogens is 1. The molecule has 2 aromatic rings. The van der Waals surface area contributed by atoms with E-state index in [4.69, 9.17) is 0 Å². The van der Waals surface area contributed by atoms with Gasteiger partial charge in [0.15, 0.2) is 0 Å². The predicted octanol–water partition coefficient (Wildman–Crippen LogP) is 1.97. The van der Waals surface area contributed by atoms with E-state index in [-0.39, 0.29) is 5.91 Å². The zero-order chi connectivity index (χ0) is 14.4. The van der Waals surface area contributed by atoms with Crippen molar-refractivity contribution < 1.29 is 4.79 Å². The minimum Gasteiger partial charge on any atom is -0.352 e. The van der Waals surface area contributed by atoms with Gasteiger partial charge in [0.2, 0.25) is 0 Å². The van der Waals surface area contributed by atoms with E-state index < -0.39 is 0 Å². The van der Waals surface area contributed by atoms with Gasteiger partial charge in [-0.25, -0.2) is 4.68 Å². The molecule has 2 rings (SSSR count). The van der Waals surface area contributed by atoms with Crippen LogP contribution >= 0.6 is 15.9 Å². The molecule has 0 aliphatic heterocycles. The summed E-state index contributed by atoms with van der Waals surface area (Å²) in [5.41, 5.74) is 1.48. The topological polar surface area (TPSA) is 58.9 Å². The molecule has 0 fully saturated rings. The average Bonchev–Trinajstić information content (AvgIpc) is 2.93. The first-order valence-electron chi connectivity index (χ1n) is 6.44. The third kappa shape index (κ3) is 3.91. The van der Waals surface area contributed by atoms with Crippen molar-refractivity contribution in [2.75, 3.05) is 20.1 Å². The Kier molecular flexibility index (Phi) is 5.31. The van der Waals surface area contributed by atoms with E-state index in [1.165, 1.54) is 0 Å². The summed E-state index contributed by atoms with van der Waals surface area (Å²) in [6.45, 7) is 1.54. The van der Waals surface area contributed by atoms with Crippen molar-refractivity contribution in [1.29, 1.82) is 0 Å². The van der Waals surface area contributed by atoms with Gasteiger partial charge in [-0.05, 0) is 38.2 Å². The molecule has 0 saturated heterocycles. The Morgan fingerprint density at radius 3 is 3.00 bits per heavy atom. The van der Waals surface area contributed by atoms with Crippen LogP contribution in [0.5, 0.6) is 0 Å². The van der Waals surface area contributed by atoms with Crippen molar-refractivity contribution in [1.82, 2.24) is 20.4 Å². The first-order chi connectivity index (χ1) is 9.70. The van der Waals surface area contributed by atoms with Crippen LogP contribution in [-0.2, 0) is 0 Å². The number of carbonyl (C=O) groups excluding carboxylic acids is 1. The van der Waals surface area contributed by atoms with Crippen LogP contribution in [0.25, 0.3) is 5.69 Å². The second-order valence-electron chi connectivity index (χ2n) is 4.37. The standard InChI is InChI=1S/C14H17BrN4O/c1-16-6-3-7-17-14(20)11-9-18-19(10-11)13-5-2-4-12(15)8-13/h2,4-5,8-10,16H,3,6-7H2,1H3,(H,17,20). The highest BCUT2D eigenvalue weighted by atomic mass is 79.9. The maximum Gasteiger partial charge on any atom is 0.254 e. The van der Waals surface area contributed by atoms with Crippen LogP contribution in [0.15, 0.2) is 41.1 Å². The van der Waals surface area contributed by atoms with E-state index in [9.17, 15) is 4.79 Å². The normalized spacial score (nSPS) is 10.5. The van der Waals surface area contributed by atoms with Crippen LogP contribution in [0.1, 0.15) is 16.8 Å². The van der Waals surface area contributed by atoms with E-state index in [0.717, 1.165) is 23.1 Å². The highest BCUT2D eigenvalue weighted by Gasteiger charge is 2.08. The summed E-state index contributed by atoms with van der Waals surface area (Å²) in [6.07, 6.45) is 4.21. The molecule has 20 heavy (non-hydrogen) atoms. The molecule has 1 aromatic carbocycles. The minimum absolute atomic E-state index is 0.0950. The summed E-state index contributed by atoms with van der Waals surface area (Å²) in [6, 6.07) is 7.76. The van der Waals surface area contributed by atoms with E-state index in [2.05, 4.69) is 31.7 Å². The number of carbonyl (C=O) groups is 1. The molecular formula is C14H17BrN4O. The number of rotatable bonds is 6. The molecule has 106 valence electrons. The fourth-order valence-corrected chi connectivity index (χ4v) is 2.16. The van der Waals surface area contributed by atoms with Crippen molar-refractivity contribution in [2.45, 2.75) is 6.42 Å². The summed E-state index contributed by atoms with van der Waals surface area (Å²) in [5.74, 6) is -0.0950. The van der Waals surface area contributed by atoms with Gasteiger partial charge in [-0.3, -0.25) is 4.79 Å². The van der Waals surface area contributed by atoms with Gasteiger partial charge in [0.05, 0.1) is 17.4 Å². The second kappa shape index (κ2) is 7.21. The van der Waals surface area contributed by atoms with Crippen LogP contribution < -0.4 is 10.6 Å². The molecule has 0 unspecified atom stereocenters. The Morgan fingerprint density at radius 1 is 1.40 bits per heavy atom. The van der Waals surface area contributed by atoms with Gasteiger partial charge < -0.3 is 10.6 Å². The molecule has 1 heterocycles. The van der Waals surface area contributed by atoms with Crippen LogP contribution in [0, 0.1) is 0 Å². The first-order valence-corrected chi connectivity index (χ1v) is 7.23. The molecule has 0 spiro atoms. The monoisotopic (exact) mass is 336 g/mol. The molecule has 0 atom stereocenters. The molecular weight excluding hydrogens is 320 g/mol. The Morgan fingerprint density at radius 2 is 2.25 bits per heavy atom. The SMILES string of the molecule is CNCCCNC(=O)c1cnn(-c2cccc(Br)c2)c1. The Balaban J connectivity index is 2.00. The highest BCUT2D eigenvalue weighted by Crippen LogP contribution is 2.15. The second-order valence-corrected chi connectivity index (χ2v) is 5.28. The van der Waals surface area contributed by atoms with Crippen molar-refractivity contribution in [2.24, 2.45) is 0 Å². The van der Waals surface area contributed by atoms with Crippen molar-refractivity contribution in [3.63, 3.8) is 0 Å². The van der Waals surface area contributed by atoms with Gasteiger partial charge in [-0.1, -0.05) is 22.0 Å². The third-order valence-corrected chi connectivity index (χ3v) is 3.30. The Bertz CT molecular complexity index is 582. The molecule has 5 nitrogen and oxygen atoms in total. The number of amides is 1. The number of nitrogens with one attached hydrogen (secondary N) is 2. The van der Waals surface area contributed by atoms with Gasteiger partial charge in [0, 0.05) is 17.2 Å². The zero-order valence-electron chi connectivity index (χ0n) is 11.3. The van der Waals surface area contributed by atoms with Gasteiger partial charge >= 0.3 is 0 Å². The maximum atomic E-state index is 11.9. The lowest BCUT2D eigenvalue weighted by Gasteiger charge is -2.03. The molecule has 1 aromatic heterocycles. The lowest BCUT2D eigenvalue weighted by molar-refractivity contribution is 0.0953. The van der Waals surface area contributed by atoms with Gasteiger partial charge in [-0.2, -0.15) is 5.10 Å². The largest absolute Gasteiger partial charge is 0.352 e. The van der Waals surface area contributed by atoms with E-state index >= 15 is 0 Å². The fraction of sp³-hybridized carbons (Fsp3) is 0.286. The van der Waals surface area contributed by atoms with Gasteiger partial charge in [-0.15, -0.1) is 0 Å². The molecule has 0 saturated carbocycles.